The number of hydrogen-bond donors (Lipinski definition) is 1. The highest BCUT2D eigenvalue weighted by Crippen LogP contribution is 2.30. The maximum atomic E-state index is 10.9. The first-order valence-corrected chi connectivity index (χ1v) is 7.58. The van der Waals surface area contributed by atoms with E-state index in [1.165, 1.54) is 25.3 Å². The number of nitrogens with zero attached hydrogens (tertiary/aromatic N) is 1. The number of rotatable bonds is 9. The SMILES string of the molecule is COc1ccc(OCCOCCS(N)(=O)=O)c([N+](=O)[O-])c1. The number of sulfonamides is 1. The van der Waals surface area contributed by atoms with Crippen molar-refractivity contribution in [3.63, 3.8) is 0 Å². The molecule has 0 amide bonds. The van der Waals surface area contributed by atoms with Gasteiger partial charge in [0, 0.05) is 0 Å². The number of nitro benzene ring substituents is 1. The molecule has 1 rings (SSSR count). The molecule has 0 heterocycles. The molecule has 10 heteroatoms. The van der Waals surface area contributed by atoms with Gasteiger partial charge in [-0.3, -0.25) is 10.1 Å². The Kier molecular flexibility index (Phi) is 6.34. The van der Waals surface area contributed by atoms with Crippen LogP contribution in [0.25, 0.3) is 0 Å². The van der Waals surface area contributed by atoms with Crippen LogP contribution in [0.2, 0.25) is 0 Å². The van der Waals surface area contributed by atoms with Gasteiger partial charge >= 0.3 is 5.69 Å². The zero-order valence-corrected chi connectivity index (χ0v) is 12.2. The molecule has 21 heavy (non-hydrogen) atoms. The molecule has 2 N–H and O–H groups in total. The lowest BCUT2D eigenvalue weighted by Gasteiger charge is -2.08. The third-order valence-corrected chi connectivity index (χ3v) is 3.10. The summed E-state index contributed by atoms with van der Waals surface area (Å²) in [6, 6.07) is 4.20. The van der Waals surface area contributed by atoms with Gasteiger partial charge in [0.1, 0.15) is 12.4 Å². The van der Waals surface area contributed by atoms with Crippen molar-refractivity contribution in [1.82, 2.24) is 0 Å². The van der Waals surface area contributed by atoms with E-state index in [-0.39, 0.29) is 37.0 Å². The lowest BCUT2D eigenvalue weighted by Crippen LogP contribution is -2.21. The monoisotopic (exact) mass is 320 g/mol. The molecule has 0 aliphatic heterocycles. The highest BCUT2D eigenvalue weighted by molar-refractivity contribution is 7.89. The van der Waals surface area contributed by atoms with E-state index in [1.807, 2.05) is 0 Å². The van der Waals surface area contributed by atoms with Crippen molar-refractivity contribution >= 4 is 15.7 Å². The summed E-state index contributed by atoms with van der Waals surface area (Å²) in [5.41, 5.74) is -0.223. The maximum Gasteiger partial charge on any atom is 0.314 e. The molecule has 0 saturated carbocycles. The lowest BCUT2D eigenvalue weighted by molar-refractivity contribution is -0.386. The summed E-state index contributed by atoms with van der Waals surface area (Å²) in [6.45, 7) is 0.0589. The van der Waals surface area contributed by atoms with Gasteiger partial charge in [0.2, 0.25) is 10.0 Å². The standard InChI is InChI=1S/C11H16N2O7S/c1-18-9-2-3-11(10(8-9)13(14)15)20-5-4-19-6-7-21(12,16)17/h2-3,8H,4-7H2,1H3,(H2,12,16,17). The Hall–Kier alpha value is -1.91. The van der Waals surface area contributed by atoms with Crippen LogP contribution in [0.3, 0.4) is 0 Å². The molecule has 0 aliphatic carbocycles. The van der Waals surface area contributed by atoms with Crippen LogP contribution in [0, 0.1) is 10.1 Å². The van der Waals surface area contributed by atoms with Gasteiger partial charge in [-0.15, -0.1) is 0 Å². The highest BCUT2D eigenvalue weighted by Gasteiger charge is 2.16. The van der Waals surface area contributed by atoms with Crippen molar-refractivity contribution in [2.45, 2.75) is 0 Å². The van der Waals surface area contributed by atoms with Crippen molar-refractivity contribution in [2.24, 2.45) is 5.14 Å². The third-order valence-electron chi connectivity index (χ3n) is 2.36. The second kappa shape index (κ2) is 7.76. The zero-order chi connectivity index (χ0) is 15.9. The molecule has 0 fully saturated rings. The predicted molar refractivity (Wildman–Crippen MR) is 73.9 cm³/mol. The maximum absolute atomic E-state index is 10.9. The van der Waals surface area contributed by atoms with Gasteiger partial charge in [-0.1, -0.05) is 0 Å². The van der Waals surface area contributed by atoms with Crippen LogP contribution in [-0.4, -0.2) is 46.0 Å². The molecular weight excluding hydrogens is 304 g/mol. The van der Waals surface area contributed by atoms with E-state index in [0.717, 1.165) is 0 Å². The predicted octanol–water partition coefficient (Wildman–Crippen LogP) is 0.287. The molecule has 0 atom stereocenters. The molecule has 1 aromatic carbocycles. The van der Waals surface area contributed by atoms with Crippen LogP contribution in [-0.2, 0) is 14.8 Å². The smallest absolute Gasteiger partial charge is 0.314 e. The first-order valence-electron chi connectivity index (χ1n) is 5.87. The number of hydrogen-bond acceptors (Lipinski definition) is 7. The normalized spacial score (nSPS) is 11.1. The molecule has 0 radical (unpaired) electrons. The zero-order valence-electron chi connectivity index (χ0n) is 11.4. The van der Waals surface area contributed by atoms with Gasteiger partial charge < -0.3 is 14.2 Å². The topological polar surface area (TPSA) is 131 Å². The van der Waals surface area contributed by atoms with E-state index >= 15 is 0 Å². The van der Waals surface area contributed by atoms with Crippen molar-refractivity contribution < 1.29 is 27.6 Å². The molecular formula is C11H16N2O7S. The quantitative estimate of drug-likeness (QED) is 0.393. The Morgan fingerprint density at radius 2 is 2.00 bits per heavy atom. The summed E-state index contributed by atoms with van der Waals surface area (Å²) in [4.78, 5) is 10.3. The van der Waals surface area contributed by atoms with Crippen LogP contribution in [0.4, 0.5) is 5.69 Å². The lowest BCUT2D eigenvalue weighted by atomic mass is 10.3. The minimum atomic E-state index is -3.56. The van der Waals surface area contributed by atoms with E-state index in [4.69, 9.17) is 19.3 Å². The Morgan fingerprint density at radius 1 is 1.29 bits per heavy atom. The number of primary sulfonamides is 1. The summed E-state index contributed by atoms with van der Waals surface area (Å²) in [5, 5.41) is 15.7. The van der Waals surface area contributed by atoms with Gasteiger partial charge in [0.15, 0.2) is 5.75 Å². The molecule has 0 spiro atoms. The fraction of sp³-hybridized carbons (Fsp3) is 0.455. The van der Waals surface area contributed by atoms with E-state index < -0.39 is 14.9 Å². The van der Waals surface area contributed by atoms with Gasteiger partial charge in [-0.2, -0.15) is 0 Å². The summed E-state index contributed by atoms with van der Waals surface area (Å²) >= 11 is 0. The van der Waals surface area contributed by atoms with Crippen LogP contribution in [0.1, 0.15) is 0 Å². The highest BCUT2D eigenvalue weighted by atomic mass is 32.2. The molecule has 9 nitrogen and oxygen atoms in total. The molecule has 0 bridgehead atoms. The average Bonchev–Trinajstić information content (AvgIpc) is 2.41. The van der Waals surface area contributed by atoms with Crippen molar-refractivity contribution in [3.05, 3.63) is 28.3 Å². The summed E-state index contributed by atoms with van der Waals surface area (Å²) < 4.78 is 36.4. The minimum absolute atomic E-state index is 0.0395. The van der Waals surface area contributed by atoms with Crippen LogP contribution in [0.15, 0.2) is 18.2 Å². The van der Waals surface area contributed by atoms with E-state index in [0.29, 0.717) is 5.75 Å². The number of benzene rings is 1. The summed E-state index contributed by atoms with van der Waals surface area (Å²) in [6.07, 6.45) is 0. The van der Waals surface area contributed by atoms with Gasteiger partial charge in [0.25, 0.3) is 0 Å². The number of nitro groups is 1. The Bertz CT molecular complexity index is 588. The van der Waals surface area contributed by atoms with Gasteiger partial charge in [-0.05, 0) is 12.1 Å². The second-order valence-corrected chi connectivity index (χ2v) is 5.65. The molecule has 118 valence electrons. The summed E-state index contributed by atoms with van der Waals surface area (Å²) in [5.74, 6) is 0.129. The fourth-order valence-electron chi connectivity index (χ4n) is 1.38. The van der Waals surface area contributed by atoms with Crippen LogP contribution in [0.5, 0.6) is 11.5 Å². The number of nitrogens with two attached hydrogens (primary N) is 1. The van der Waals surface area contributed by atoms with E-state index in [2.05, 4.69) is 0 Å². The number of methoxy groups -OCH3 is 1. The summed E-state index contributed by atoms with van der Waals surface area (Å²) in [7, 11) is -2.16. The Morgan fingerprint density at radius 3 is 2.57 bits per heavy atom. The van der Waals surface area contributed by atoms with Gasteiger partial charge in [-0.25, -0.2) is 13.6 Å². The molecule has 0 aliphatic rings. The molecule has 0 unspecified atom stereocenters. The second-order valence-electron chi connectivity index (χ2n) is 3.92. The third kappa shape index (κ3) is 6.38. The van der Waals surface area contributed by atoms with Crippen molar-refractivity contribution in [3.8, 4) is 11.5 Å². The Balaban J connectivity index is 2.46. The number of ether oxygens (including phenoxy) is 3. The first-order chi connectivity index (χ1) is 9.83. The van der Waals surface area contributed by atoms with E-state index in [1.54, 1.807) is 0 Å². The first kappa shape index (κ1) is 17.1. The van der Waals surface area contributed by atoms with Crippen LogP contribution >= 0.6 is 0 Å². The molecule has 1 aromatic rings. The van der Waals surface area contributed by atoms with Crippen LogP contribution < -0.4 is 14.6 Å². The minimum Gasteiger partial charge on any atom is -0.496 e. The van der Waals surface area contributed by atoms with Gasteiger partial charge in [0.05, 0.1) is 37.1 Å². The molecule has 0 saturated heterocycles. The average molecular weight is 320 g/mol. The molecule has 0 aromatic heterocycles. The van der Waals surface area contributed by atoms with Crippen molar-refractivity contribution in [2.75, 3.05) is 32.7 Å². The largest absolute Gasteiger partial charge is 0.496 e. The Labute approximate surface area is 121 Å². The fourth-order valence-corrected chi connectivity index (χ4v) is 1.73. The van der Waals surface area contributed by atoms with Crippen molar-refractivity contribution in [1.29, 1.82) is 0 Å². The van der Waals surface area contributed by atoms with E-state index in [9.17, 15) is 18.5 Å².